The Morgan fingerprint density at radius 2 is 0.830 bits per heavy atom. The molecule has 10 heterocycles. The third kappa shape index (κ3) is 0.681. The molecular formula is C40H36O4P2Ru. The van der Waals surface area contributed by atoms with Crippen molar-refractivity contribution in [3.8, 4) is 0 Å². The number of fused-ring (bicyclic) bond motifs is 10. The van der Waals surface area contributed by atoms with Gasteiger partial charge in [-0.2, -0.15) is 0 Å². The zero-order valence-electron chi connectivity index (χ0n) is 26.3. The Hall–Kier alpha value is -2.70. The fraction of sp³-hybridized carbons (Fsp3) is 0.350. The number of carbonyl (C=O) groups excluding carboxylic acids is 2. The molecule has 1 spiro atoms. The van der Waals surface area contributed by atoms with E-state index in [9.17, 15) is 0 Å². The number of hydrogen-bond acceptors (Lipinski definition) is 4. The first kappa shape index (κ1) is 25.3. The van der Waals surface area contributed by atoms with Crippen molar-refractivity contribution in [2.75, 3.05) is 13.2 Å². The van der Waals surface area contributed by atoms with Gasteiger partial charge in [0, 0.05) is 0 Å². The maximum absolute atomic E-state index is 15.4. The van der Waals surface area contributed by atoms with E-state index in [2.05, 4.69) is 121 Å². The van der Waals surface area contributed by atoms with Crippen molar-refractivity contribution >= 4 is 49.0 Å². The van der Waals surface area contributed by atoms with E-state index in [1.54, 1.807) is 0 Å². The Morgan fingerprint density at radius 3 is 1.09 bits per heavy atom. The summed E-state index contributed by atoms with van der Waals surface area (Å²) in [5, 5.41) is 5.53. The molecule has 4 nitrogen and oxygen atoms in total. The van der Waals surface area contributed by atoms with Gasteiger partial charge in [-0.25, -0.2) is 0 Å². The normalized spacial score (nSPS) is 55.1. The second-order valence-electron chi connectivity index (χ2n) is 17.3. The summed E-state index contributed by atoms with van der Waals surface area (Å²) in [6.07, 6.45) is 0. The van der Waals surface area contributed by atoms with Gasteiger partial charge in [0.2, 0.25) is 0 Å². The van der Waals surface area contributed by atoms with Gasteiger partial charge < -0.3 is 0 Å². The molecule has 0 bridgehead atoms. The fourth-order valence-corrected chi connectivity index (χ4v) is 200. The second kappa shape index (κ2) is 4.43. The zero-order valence-corrected chi connectivity index (χ0v) is 29.8. The molecule has 10 atom stereocenters. The van der Waals surface area contributed by atoms with Crippen LogP contribution in [0.25, 0.3) is 0 Å². The van der Waals surface area contributed by atoms with E-state index in [1.165, 1.54) is 21.2 Å². The van der Waals surface area contributed by atoms with E-state index >= 15 is 9.59 Å². The van der Waals surface area contributed by atoms with Crippen LogP contribution >= 0.6 is 15.8 Å². The van der Waals surface area contributed by atoms with Crippen LogP contribution in [0.3, 0.4) is 0 Å². The van der Waals surface area contributed by atoms with Crippen LogP contribution in [-0.2, 0) is 26.8 Å². The molecule has 9 unspecified atom stereocenters. The van der Waals surface area contributed by atoms with Crippen molar-refractivity contribution in [3.63, 3.8) is 0 Å². The Bertz CT molecular complexity index is 2390. The molecule has 10 fully saturated rings. The van der Waals surface area contributed by atoms with Crippen molar-refractivity contribution in [2.24, 2.45) is 0 Å². The molecule has 4 aromatic carbocycles. The topological polar surface area (TPSA) is 52.6 Å². The van der Waals surface area contributed by atoms with E-state index in [0.717, 1.165) is 0 Å². The monoisotopic (exact) mass is 744 g/mol. The van der Waals surface area contributed by atoms with Gasteiger partial charge in [-0.3, -0.25) is 0 Å². The van der Waals surface area contributed by atoms with Gasteiger partial charge in [0.1, 0.15) is 0 Å². The molecule has 0 radical (unpaired) electrons. The molecule has 10 saturated heterocycles. The van der Waals surface area contributed by atoms with E-state index in [-0.39, 0.29) is 19.4 Å². The molecule has 10 aliphatic rings. The number of benzene rings is 4. The van der Waals surface area contributed by atoms with Crippen LogP contribution < -0.4 is 21.2 Å². The quantitative estimate of drug-likeness (QED) is 0.0971. The molecule has 0 amide bonds. The van der Waals surface area contributed by atoms with Gasteiger partial charge >= 0.3 is 267 Å². The van der Waals surface area contributed by atoms with Gasteiger partial charge in [-0.05, 0) is 0 Å². The van der Waals surface area contributed by atoms with Crippen LogP contribution in [0.2, 0.25) is 35.1 Å². The summed E-state index contributed by atoms with van der Waals surface area (Å²) in [6, 6.07) is 44.7. The third-order valence-electron chi connectivity index (χ3n) is 20.9. The Balaban J connectivity index is 1.18. The molecule has 0 aromatic heterocycles. The van der Waals surface area contributed by atoms with Crippen LogP contribution in [0.1, 0.15) is 13.8 Å². The van der Waals surface area contributed by atoms with E-state index in [1.807, 2.05) is 13.8 Å². The van der Waals surface area contributed by atoms with Crippen LogP contribution in [0.15, 0.2) is 121 Å². The molecule has 4 aromatic rings. The van der Waals surface area contributed by atoms with Gasteiger partial charge in [0.05, 0.1) is 0 Å². The van der Waals surface area contributed by atoms with Crippen molar-refractivity contribution in [2.45, 2.75) is 56.4 Å². The number of hydrogen-bond donors (Lipinski definition) is 0. The summed E-state index contributed by atoms with van der Waals surface area (Å²) in [5.74, 6) is 0.210. The Morgan fingerprint density at radius 1 is 0.532 bits per heavy atom. The average molecular weight is 744 g/mol. The minimum absolute atomic E-state index is 0.0952. The number of rotatable bonds is 10. The van der Waals surface area contributed by atoms with Crippen molar-refractivity contribution in [3.05, 3.63) is 121 Å². The first-order chi connectivity index (χ1) is 22.9. The predicted octanol–water partition coefficient (Wildman–Crippen LogP) is 7.32. The summed E-state index contributed by atoms with van der Waals surface area (Å²) in [5.41, 5.74) is 0. The molecule has 0 saturated carbocycles. The number of carbonyl (C=O) groups is 2. The molecule has 10 aliphatic heterocycles. The summed E-state index contributed by atoms with van der Waals surface area (Å²) in [6.45, 7) is 4.75. The van der Waals surface area contributed by atoms with Gasteiger partial charge in [0.15, 0.2) is 0 Å². The molecule has 0 N–H and O–H groups in total. The first-order valence-electron chi connectivity index (χ1n) is 17.2. The molecule has 0 aliphatic carbocycles. The minimum atomic E-state index is -5.88. The zero-order chi connectivity index (χ0) is 31.4. The predicted molar refractivity (Wildman–Crippen MR) is 185 cm³/mol. The van der Waals surface area contributed by atoms with Crippen LogP contribution in [-0.4, -0.2) is 32.7 Å². The fourth-order valence-electron chi connectivity index (χ4n) is 23.2. The molecule has 238 valence electrons. The number of esters is 2. The Kier molecular flexibility index (Phi) is 2.38. The SMILES string of the molecule is CCOC(=O)[C]12[CH]3[CH]4[CH]5[C]1(P(c1ccccc1)c1ccccc1)[Ru]43521678[CH]2[CH]1[C]6(C(=O)OCC)[C@@]7(P(c1ccccc1)c1ccccc1)[CH]28. The van der Waals surface area contributed by atoms with E-state index in [4.69, 9.17) is 9.47 Å². The summed E-state index contributed by atoms with van der Waals surface area (Å²) >= 11 is 0. The van der Waals surface area contributed by atoms with Crippen molar-refractivity contribution in [1.82, 2.24) is 0 Å². The third-order valence-corrected chi connectivity index (χ3v) is 107. The summed E-state index contributed by atoms with van der Waals surface area (Å²) in [4.78, 5) is 30.8. The summed E-state index contributed by atoms with van der Waals surface area (Å²) < 4.78 is 15.0. The van der Waals surface area contributed by atoms with Crippen LogP contribution in [0.4, 0.5) is 0 Å². The van der Waals surface area contributed by atoms with Crippen molar-refractivity contribution < 1.29 is 26.8 Å². The van der Waals surface area contributed by atoms with Gasteiger partial charge in [0.25, 0.3) is 0 Å². The van der Waals surface area contributed by atoms with Gasteiger partial charge in [-0.1, -0.05) is 0 Å². The molecule has 47 heavy (non-hydrogen) atoms. The van der Waals surface area contributed by atoms with Gasteiger partial charge in [-0.15, -0.1) is 0 Å². The first-order valence-corrected chi connectivity index (χ1v) is 29.4. The maximum atomic E-state index is 15.4. The standard InChI is InChI=1S/2C20H18O2P.Ru/c2*1-2-22-20(21)18-14-9-15-19(18)23(16-10-5-3-6-11-16)17-12-7-4-8-13-17;/h2*3-15H,2H2,1H3;. The van der Waals surface area contributed by atoms with Crippen LogP contribution in [0, 0.1) is 0 Å². The summed E-state index contributed by atoms with van der Waals surface area (Å²) in [7, 11) is -7.70. The van der Waals surface area contributed by atoms with E-state index in [0.29, 0.717) is 40.3 Å². The average Bonchev–Trinajstić information content (AvgIpc) is 4.07. The molecule has 7 heteroatoms. The van der Waals surface area contributed by atoms with Crippen LogP contribution in [0.5, 0.6) is 0 Å². The van der Waals surface area contributed by atoms with Crippen molar-refractivity contribution in [1.29, 1.82) is 0 Å². The molecule has 14 rings (SSSR count). The molecular weight excluding hydrogens is 707 g/mol. The Labute approximate surface area is 265 Å². The second-order valence-corrected chi connectivity index (χ2v) is 58.9. The van der Waals surface area contributed by atoms with E-state index < -0.39 is 31.6 Å². The number of ether oxygens (including phenoxy) is 2.